The average Bonchev–Trinajstić information content (AvgIpc) is 3.30. The van der Waals surface area contributed by atoms with Gasteiger partial charge in [0.25, 0.3) is 0 Å². The zero-order valence-electron chi connectivity index (χ0n) is 13.6. The van der Waals surface area contributed by atoms with Crippen LogP contribution in [0.25, 0.3) is 11.2 Å². The van der Waals surface area contributed by atoms with Gasteiger partial charge in [0.15, 0.2) is 11.5 Å². The molecule has 25 heavy (non-hydrogen) atoms. The predicted octanol–water partition coefficient (Wildman–Crippen LogP) is -0.703. The molecule has 0 bridgehead atoms. The van der Waals surface area contributed by atoms with Crippen molar-refractivity contribution < 1.29 is 15.3 Å². The molecule has 1 saturated carbocycles. The van der Waals surface area contributed by atoms with E-state index in [-0.39, 0.29) is 31.0 Å². The quantitative estimate of drug-likeness (QED) is 0.478. The van der Waals surface area contributed by atoms with E-state index in [0.29, 0.717) is 29.4 Å². The van der Waals surface area contributed by atoms with Crippen LogP contribution in [0.15, 0.2) is 12.7 Å². The molecule has 5 N–H and O–H groups in total. The van der Waals surface area contributed by atoms with Crippen molar-refractivity contribution in [3.63, 3.8) is 0 Å². The minimum absolute atomic E-state index is 0. The van der Waals surface area contributed by atoms with E-state index >= 15 is 0 Å². The molecule has 138 valence electrons. The van der Waals surface area contributed by atoms with Crippen molar-refractivity contribution in [1.82, 2.24) is 24.8 Å². The Balaban J connectivity index is 0.00000182. The van der Waals surface area contributed by atoms with Gasteiger partial charge >= 0.3 is 0 Å². The van der Waals surface area contributed by atoms with Gasteiger partial charge in [-0.25, -0.2) is 15.0 Å². The summed E-state index contributed by atoms with van der Waals surface area (Å²) >= 11 is 0. The molecule has 10 heteroatoms. The highest BCUT2D eigenvalue weighted by Gasteiger charge is 2.42. The minimum atomic E-state index is -0.954. The Hall–Kier alpha value is -1.52. The van der Waals surface area contributed by atoms with Gasteiger partial charge in [-0.15, -0.1) is 12.4 Å². The molecule has 1 aliphatic heterocycles. The van der Waals surface area contributed by atoms with Gasteiger partial charge in [-0.05, 0) is 19.4 Å². The Morgan fingerprint density at radius 2 is 2.08 bits per heavy atom. The molecule has 0 amide bonds. The third kappa shape index (κ3) is 3.18. The minimum Gasteiger partial charge on any atom is -0.396 e. The first-order valence-corrected chi connectivity index (χ1v) is 8.31. The molecule has 5 atom stereocenters. The number of rotatable bonds is 4. The molecule has 2 aromatic rings. The zero-order chi connectivity index (χ0) is 16.7. The summed E-state index contributed by atoms with van der Waals surface area (Å²) in [5.41, 5.74) is 1.27. The van der Waals surface area contributed by atoms with E-state index in [1.165, 1.54) is 6.33 Å². The third-order valence-electron chi connectivity index (χ3n) is 5.12. The molecule has 3 heterocycles. The van der Waals surface area contributed by atoms with E-state index < -0.39 is 12.2 Å². The Morgan fingerprint density at radius 1 is 1.24 bits per heavy atom. The van der Waals surface area contributed by atoms with Crippen LogP contribution < -0.4 is 10.6 Å². The van der Waals surface area contributed by atoms with Crippen molar-refractivity contribution in [3.05, 3.63) is 12.7 Å². The molecule has 4 rings (SSSR count). The number of fused-ring (bicyclic) bond motifs is 1. The summed E-state index contributed by atoms with van der Waals surface area (Å²) in [4.78, 5) is 13.0. The fraction of sp³-hybridized carbons (Fsp3) is 0.667. The molecule has 1 saturated heterocycles. The van der Waals surface area contributed by atoms with Crippen molar-refractivity contribution in [3.8, 4) is 0 Å². The molecule has 0 spiro atoms. The van der Waals surface area contributed by atoms with Gasteiger partial charge in [0.1, 0.15) is 17.9 Å². The van der Waals surface area contributed by atoms with Gasteiger partial charge < -0.3 is 30.5 Å². The third-order valence-corrected chi connectivity index (χ3v) is 5.12. The standard InChI is InChI=1S/C15H22N6O3.ClH/c22-5-8-3-10(13(24)12(8)23)21-7-19-11-14(17-6-18-15(11)21)20-9-1-2-16-4-9;/h6-10,12-13,16,22-24H,1-5H2,(H,17,18,20);1H/t8-,9+,10-,12-,13+;/m1./s1. The normalized spacial score (nSPS) is 32.0. The number of hydrogen-bond acceptors (Lipinski definition) is 8. The number of anilines is 1. The number of aliphatic hydroxyl groups excluding tert-OH is 3. The van der Waals surface area contributed by atoms with Gasteiger partial charge in [-0.2, -0.15) is 0 Å². The van der Waals surface area contributed by atoms with Gasteiger partial charge in [0, 0.05) is 25.1 Å². The molecule has 2 aliphatic rings. The second-order valence-corrected chi connectivity index (χ2v) is 6.61. The van der Waals surface area contributed by atoms with Gasteiger partial charge in [-0.1, -0.05) is 0 Å². The second-order valence-electron chi connectivity index (χ2n) is 6.61. The van der Waals surface area contributed by atoms with E-state index in [9.17, 15) is 15.3 Å². The van der Waals surface area contributed by atoms with E-state index in [1.807, 2.05) is 0 Å². The van der Waals surface area contributed by atoms with Crippen LogP contribution in [-0.4, -0.2) is 72.8 Å². The molecule has 0 radical (unpaired) electrons. The summed E-state index contributed by atoms with van der Waals surface area (Å²) in [7, 11) is 0. The summed E-state index contributed by atoms with van der Waals surface area (Å²) in [6.07, 6.45) is 2.71. The van der Waals surface area contributed by atoms with Crippen LogP contribution in [0.3, 0.4) is 0 Å². The summed E-state index contributed by atoms with van der Waals surface area (Å²) in [5, 5.41) is 36.4. The topological polar surface area (TPSA) is 128 Å². The SMILES string of the molecule is Cl.OC[C@H]1C[C@@H](n2cnc3c(N[C@H]4CCNC4)ncnc32)[C@H](O)[C@@H]1O. The first kappa shape index (κ1) is 18.3. The van der Waals surface area contributed by atoms with Gasteiger partial charge in [0.2, 0.25) is 0 Å². The Kier molecular flexibility index (Phi) is 5.40. The highest BCUT2D eigenvalue weighted by atomic mass is 35.5. The Bertz CT molecular complexity index is 722. The molecule has 0 unspecified atom stereocenters. The van der Waals surface area contributed by atoms with Crippen molar-refractivity contribution in [2.24, 2.45) is 5.92 Å². The maximum absolute atomic E-state index is 10.3. The van der Waals surface area contributed by atoms with E-state index in [0.717, 1.165) is 19.5 Å². The summed E-state index contributed by atoms with van der Waals surface area (Å²) in [6, 6.07) is -0.0519. The summed E-state index contributed by atoms with van der Waals surface area (Å²) in [6.45, 7) is 1.71. The Morgan fingerprint density at radius 3 is 2.76 bits per heavy atom. The first-order chi connectivity index (χ1) is 11.7. The fourth-order valence-electron chi connectivity index (χ4n) is 3.73. The van der Waals surface area contributed by atoms with Gasteiger partial charge in [-0.3, -0.25) is 0 Å². The molecule has 1 aliphatic carbocycles. The molecule has 2 fully saturated rings. The Labute approximate surface area is 150 Å². The monoisotopic (exact) mass is 370 g/mol. The lowest BCUT2D eigenvalue weighted by Crippen LogP contribution is -2.30. The summed E-state index contributed by atoms with van der Waals surface area (Å²) in [5.74, 6) is 0.339. The van der Waals surface area contributed by atoms with Crippen LogP contribution in [0.2, 0.25) is 0 Å². The summed E-state index contributed by atoms with van der Waals surface area (Å²) < 4.78 is 1.78. The average molecular weight is 371 g/mol. The number of nitrogens with zero attached hydrogens (tertiary/aromatic N) is 4. The lowest BCUT2D eigenvalue weighted by atomic mass is 10.1. The van der Waals surface area contributed by atoms with Crippen LogP contribution in [0, 0.1) is 5.92 Å². The molecule has 2 aromatic heterocycles. The molecular formula is C15H23ClN6O3. The fourth-order valence-corrected chi connectivity index (χ4v) is 3.73. The maximum Gasteiger partial charge on any atom is 0.165 e. The maximum atomic E-state index is 10.3. The van der Waals surface area contributed by atoms with Crippen molar-refractivity contribution in [2.75, 3.05) is 25.0 Å². The zero-order valence-corrected chi connectivity index (χ0v) is 14.4. The van der Waals surface area contributed by atoms with E-state index in [4.69, 9.17) is 0 Å². The van der Waals surface area contributed by atoms with Crippen molar-refractivity contribution >= 4 is 29.4 Å². The molecule has 9 nitrogen and oxygen atoms in total. The number of hydrogen-bond donors (Lipinski definition) is 5. The largest absolute Gasteiger partial charge is 0.396 e. The number of nitrogens with one attached hydrogen (secondary N) is 2. The van der Waals surface area contributed by atoms with Gasteiger partial charge in [0.05, 0.1) is 18.5 Å². The van der Waals surface area contributed by atoms with Crippen LogP contribution in [0.1, 0.15) is 18.9 Å². The molecular weight excluding hydrogens is 348 g/mol. The lowest BCUT2D eigenvalue weighted by Gasteiger charge is -2.18. The molecule has 0 aromatic carbocycles. The van der Waals surface area contributed by atoms with Crippen LogP contribution in [0.5, 0.6) is 0 Å². The number of imidazole rings is 1. The number of aliphatic hydroxyl groups is 3. The highest BCUT2D eigenvalue weighted by molar-refractivity contribution is 5.85. The first-order valence-electron chi connectivity index (χ1n) is 8.31. The predicted molar refractivity (Wildman–Crippen MR) is 93.7 cm³/mol. The lowest BCUT2D eigenvalue weighted by molar-refractivity contribution is -0.00370. The van der Waals surface area contributed by atoms with E-state index in [2.05, 4.69) is 25.6 Å². The van der Waals surface area contributed by atoms with E-state index in [1.54, 1.807) is 10.9 Å². The van der Waals surface area contributed by atoms with Crippen molar-refractivity contribution in [2.45, 2.75) is 37.1 Å². The van der Waals surface area contributed by atoms with Crippen LogP contribution >= 0.6 is 12.4 Å². The second kappa shape index (κ2) is 7.38. The smallest absolute Gasteiger partial charge is 0.165 e. The van der Waals surface area contributed by atoms with Crippen LogP contribution in [-0.2, 0) is 0 Å². The highest BCUT2D eigenvalue weighted by Crippen LogP contribution is 2.37. The van der Waals surface area contributed by atoms with Crippen LogP contribution in [0.4, 0.5) is 5.82 Å². The number of aromatic nitrogens is 4. The number of halogens is 1. The van der Waals surface area contributed by atoms with Crippen molar-refractivity contribution in [1.29, 1.82) is 0 Å².